The van der Waals surface area contributed by atoms with Gasteiger partial charge in [-0.05, 0) is 30.7 Å². The highest BCUT2D eigenvalue weighted by molar-refractivity contribution is 6.05. The Bertz CT molecular complexity index is 550. The molecule has 1 aliphatic heterocycles. The first kappa shape index (κ1) is 13.3. The van der Waals surface area contributed by atoms with Crippen molar-refractivity contribution in [3.63, 3.8) is 0 Å². The molecule has 0 bridgehead atoms. The molecule has 19 heavy (non-hydrogen) atoms. The van der Waals surface area contributed by atoms with Gasteiger partial charge in [0.05, 0.1) is 5.92 Å². The topological polar surface area (TPSA) is 72.5 Å². The van der Waals surface area contributed by atoms with E-state index in [4.69, 9.17) is 4.74 Å². The molecule has 0 saturated carbocycles. The molecule has 1 aliphatic rings. The number of esters is 1. The highest BCUT2D eigenvalue weighted by Gasteiger charge is 2.27. The van der Waals surface area contributed by atoms with E-state index in [0.29, 0.717) is 5.56 Å². The van der Waals surface area contributed by atoms with E-state index in [2.05, 4.69) is 5.32 Å². The van der Waals surface area contributed by atoms with E-state index in [-0.39, 0.29) is 30.6 Å². The predicted octanol–water partition coefficient (Wildman–Crippen LogP) is 1.88. The number of hydrogen-bond donors (Lipinski definition) is 1. The number of carbonyl (C=O) groups excluding carboxylic acids is 3. The molecule has 5 heteroatoms. The fourth-order valence-corrected chi connectivity index (χ4v) is 1.92. The zero-order valence-corrected chi connectivity index (χ0v) is 10.9. The van der Waals surface area contributed by atoms with E-state index in [0.717, 1.165) is 11.3 Å². The predicted molar refractivity (Wildman–Crippen MR) is 69.1 cm³/mol. The molecule has 0 radical (unpaired) electrons. The second kappa shape index (κ2) is 5.22. The van der Waals surface area contributed by atoms with Crippen LogP contribution in [0.4, 0.5) is 5.69 Å². The number of benzene rings is 1. The first-order valence-electron chi connectivity index (χ1n) is 6.16. The van der Waals surface area contributed by atoms with Gasteiger partial charge in [0.25, 0.3) is 0 Å². The van der Waals surface area contributed by atoms with Crippen LogP contribution in [0, 0.1) is 0 Å². The number of rotatable bonds is 4. The quantitative estimate of drug-likeness (QED) is 0.663. The lowest BCUT2D eigenvalue weighted by molar-refractivity contribution is -0.142. The summed E-state index contributed by atoms with van der Waals surface area (Å²) in [5.74, 6) is -1.01. The van der Waals surface area contributed by atoms with Gasteiger partial charge in [0.1, 0.15) is 0 Å². The number of fused-ring (bicyclic) bond motifs is 1. The van der Waals surface area contributed by atoms with E-state index in [1.54, 1.807) is 32.0 Å². The Balaban J connectivity index is 2.13. The number of Topliss-reactive ketones (excluding diaryl/α,β-unsaturated/α-hetero) is 1. The zero-order valence-electron chi connectivity index (χ0n) is 10.9. The molecule has 5 nitrogen and oxygen atoms in total. The highest BCUT2D eigenvalue weighted by Crippen LogP contribution is 2.32. The number of anilines is 1. The zero-order chi connectivity index (χ0) is 14.0. The average Bonchev–Trinajstić information content (AvgIpc) is 2.70. The maximum Gasteiger partial charge on any atom is 0.305 e. The van der Waals surface area contributed by atoms with Crippen LogP contribution in [0.3, 0.4) is 0 Å². The van der Waals surface area contributed by atoms with Crippen molar-refractivity contribution in [3.05, 3.63) is 29.3 Å². The molecule has 0 spiro atoms. The summed E-state index contributed by atoms with van der Waals surface area (Å²) < 4.78 is 4.80. The molecular weight excluding hydrogens is 246 g/mol. The number of ether oxygens (including phenoxy) is 1. The number of hydrogen-bond acceptors (Lipinski definition) is 4. The van der Waals surface area contributed by atoms with Gasteiger partial charge in [-0.15, -0.1) is 0 Å². The third-order valence-corrected chi connectivity index (χ3v) is 3.14. The summed E-state index contributed by atoms with van der Waals surface area (Å²) >= 11 is 0. The molecular formula is C14H15NO4. The second-order valence-corrected chi connectivity index (χ2v) is 4.45. The van der Waals surface area contributed by atoms with Crippen LogP contribution in [0.15, 0.2) is 18.2 Å². The Morgan fingerprint density at radius 1 is 1.37 bits per heavy atom. The van der Waals surface area contributed by atoms with Crippen molar-refractivity contribution in [3.8, 4) is 0 Å². The van der Waals surface area contributed by atoms with Crippen LogP contribution in [-0.4, -0.2) is 24.3 Å². The van der Waals surface area contributed by atoms with Crippen LogP contribution < -0.4 is 5.32 Å². The summed E-state index contributed by atoms with van der Waals surface area (Å²) in [7, 11) is 0. The molecule has 1 atom stereocenters. The molecule has 0 saturated heterocycles. The maximum atomic E-state index is 11.9. The summed E-state index contributed by atoms with van der Waals surface area (Å²) in [6.45, 7) is 3.19. The van der Waals surface area contributed by atoms with Crippen molar-refractivity contribution in [2.24, 2.45) is 0 Å². The fraction of sp³-hybridized carbons (Fsp3) is 0.357. The average molecular weight is 261 g/mol. The van der Waals surface area contributed by atoms with Gasteiger partial charge in [-0.25, -0.2) is 0 Å². The Hall–Kier alpha value is -2.17. The summed E-state index contributed by atoms with van der Waals surface area (Å²) in [5, 5.41) is 2.74. The van der Waals surface area contributed by atoms with Crippen LogP contribution in [0.1, 0.15) is 42.1 Å². The molecule has 1 N–H and O–H groups in total. The smallest absolute Gasteiger partial charge is 0.305 e. The summed E-state index contributed by atoms with van der Waals surface area (Å²) in [5.41, 5.74) is 1.99. The highest BCUT2D eigenvalue weighted by atomic mass is 16.5. The van der Waals surface area contributed by atoms with E-state index < -0.39 is 5.97 Å². The number of carbonyl (C=O) groups is 3. The van der Waals surface area contributed by atoms with Crippen molar-refractivity contribution < 1.29 is 19.1 Å². The minimum atomic E-state index is -0.403. The minimum absolute atomic E-state index is 0.0722. The van der Waals surface area contributed by atoms with Gasteiger partial charge in [-0.2, -0.15) is 0 Å². The van der Waals surface area contributed by atoms with Gasteiger partial charge >= 0.3 is 5.97 Å². The van der Waals surface area contributed by atoms with Crippen LogP contribution in [0.5, 0.6) is 0 Å². The molecule has 2 rings (SSSR count). The molecule has 1 amide bonds. The van der Waals surface area contributed by atoms with Crippen LogP contribution in [0.2, 0.25) is 0 Å². The number of ketones is 1. The molecule has 100 valence electrons. The molecule has 1 aromatic rings. The third kappa shape index (κ3) is 2.65. The molecule has 0 fully saturated rings. The first-order valence-corrected chi connectivity index (χ1v) is 6.16. The monoisotopic (exact) mass is 261 g/mol. The third-order valence-electron chi connectivity index (χ3n) is 3.14. The van der Waals surface area contributed by atoms with Gasteiger partial charge in [0.2, 0.25) is 5.91 Å². The van der Waals surface area contributed by atoms with Gasteiger partial charge in [-0.1, -0.05) is 6.92 Å². The number of amides is 1. The molecule has 1 heterocycles. The van der Waals surface area contributed by atoms with Gasteiger partial charge in [0.15, 0.2) is 12.4 Å². The molecule has 1 aromatic carbocycles. The lowest BCUT2D eigenvalue weighted by atomic mass is 9.99. The minimum Gasteiger partial charge on any atom is -0.457 e. The maximum absolute atomic E-state index is 11.9. The Labute approximate surface area is 110 Å². The van der Waals surface area contributed by atoms with E-state index in [9.17, 15) is 14.4 Å². The number of nitrogens with one attached hydrogen (secondary N) is 1. The van der Waals surface area contributed by atoms with Crippen LogP contribution >= 0.6 is 0 Å². The lowest BCUT2D eigenvalue weighted by Crippen LogP contribution is -2.13. The fourth-order valence-electron chi connectivity index (χ4n) is 1.92. The Morgan fingerprint density at radius 2 is 2.11 bits per heavy atom. The molecule has 0 aliphatic carbocycles. The summed E-state index contributed by atoms with van der Waals surface area (Å²) in [6.07, 6.45) is 0.243. The summed E-state index contributed by atoms with van der Waals surface area (Å²) in [4.78, 5) is 34.4. The first-order chi connectivity index (χ1) is 9.02. The van der Waals surface area contributed by atoms with Crippen molar-refractivity contribution in [2.45, 2.75) is 26.2 Å². The van der Waals surface area contributed by atoms with E-state index in [1.807, 2.05) is 0 Å². The SMILES string of the molecule is CCC(=O)OCC(=O)c1ccc2c(c1)[C@H](C)C(=O)N2. The van der Waals surface area contributed by atoms with Crippen molar-refractivity contribution in [1.82, 2.24) is 0 Å². The van der Waals surface area contributed by atoms with Gasteiger partial charge in [0, 0.05) is 17.7 Å². The lowest BCUT2D eigenvalue weighted by Gasteiger charge is -2.06. The molecule has 0 unspecified atom stereocenters. The normalized spacial score (nSPS) is 16.7. The van der Waals surface area contributed by atoms with Crippen LogP contribution in [0.25, 0.3) is 0 Å². The summed E-state index contributed by atoms with van der Waals surface area (Å²) in [6, 6.07) is 5.00. The Kier molecular flexibility index (Phi) is 3.64. The van der Waals surface area contributed by atoms with Gasteiger partial charge < -0.3 is 10.1 Å². The van der Waals surface area contributed by atoms with Crippen molar-refractivity contribution in [2.75, 3.05) is 11.9 Å². The van der Waals surface area contributed by atoms with Gasteiger partial charge in [-0.3, -0.25) is 14.4 Å². The van der Waals surface area contributed by atoms with E-state index >= 15 is 0 Å². The second-order valence-electron chi connectivity index (χ2n) is 4.45. The standard InChI is InChI=1S/C14H15NO4/c1-3-13(17)19-7-12(16)9-4-5-11-10(6-9)8(2)14(18)15-11/h4-6,8H,3,7H2,1-2H3,(H,15,18)/t8-/m0/s1. The molecule has 0 aromatic heterocycles. The largest absolute Gasteiger partial charge is 0.457 e. The van der Waals surface area contributed by atoms with Crippen molar-refractivity contribution >= 4 is 23.3 Å². The van der Waals surface area contributed by atoms with E-state index in [1.165, 1.54) is 0 Å². The Morgan fingerprint density at radius 3 is 2.79 bits per heavy atom. The van der Waals surface area contributed by atoms with Crippen LogP contribution in [-0.2, 0) is 14.3 Å². The van der Waals surface area contributed by atoms with Crippen molar-refractivity contribution in [1.29, 1.82) is 0 Å².